The van der Waals surface area contributed by atoms with E-state index in [0.29, 0.717) is 0 Å². The van der Waals surface area contributed by atoms with Gasteiger partial charge >= 0.3 is 0 Å². The molecule has 0 aliphatic rings. The fraction of sp³-hybridized carbons (Fsp3) is 0.400. The van der Waals surface area contributed by atoms with E-state index in [4.69, 9.17) is 4.74 Å². The summed E-state index contributed by atoms with van der Waals surface area (Å²) in [6.45, 7) is 4.96. The van der Waals surface area contributed by atoms with Crippen molar-refractivity contribution in [2.75, 3.05) is 7.11 Å². The largest absolute Gasteiger partial charge is 0.497 e. The Labute approximate surface area is 108 Å². The highest BCUT2D eigenvalue weighted by Gasteiger charge is 2.24. The molecule has 1 N–H and O–H groups in total. The molecule has 18 heavy (non-hydrogen) atoms. The second-order valence-corrected chi connectivity index (χ2v) is 4.75. The van der Waals surface area contributed by atoms with Crippen LogP contribution in [0.15, 0.2) is 29.8 Å². The zero-order chi connectivity index (χ0) is 13.8. The van der Waals surface area contributed by atoms with E-state index < -0.39 is 5.60 Å². The van der Waals surface area contributed by atoms with Crippen LogP contribution in [-0.4, -0.2) is 23.6 Å². The van der Waals surface area contributed by atoms with Crippen LogP contribution in [0.1, 0.15) is 32.8 Å². The van der Waals surface area contributed by atoms with Crippen molar-refractivity contribution in [3.05, 3.63) is 35.4 Å². The molecule has 0 heterocycles. The van der Waals surface area contributed by atoms with Gasteiger partial charge in [-0.1, -0.05) is 18.2 Å². The first-order valence-electron chi connectivity index (χ1n) is 5.90. The van der Waals surface area contributed by atoms with Gasteiger partial charge < -0.3 is 9.84 Å². The summed E-state index contributed by atoms with van der Waals surface area (Å²) in [4.78, 5) is 11.1. The summed E-state index contributed by atoms with van der Waals surface area (Å²) < 4.78 is 5.08. The van der Waals surface area contributed by atoms with Gasteiger partial charge in [-0.15, -0.1) is 0 Å². The van der Waals surface area contributed by atoms with Gasteiger partial charge in [0.25, 0.3) is 0 Å². The number of carbonyl (C=O) groups excluding carboxylic acids is 1. The molecule has 0 radical (unpaired) electrons. The minimum atomic E-state index is -1.09. The second kappa shape index (κ2) is 5.83. The van der Waals surface area contributed by atoms with Crippen LogP contribution in [0, 0.1) is 0 Å². The van der Waals surface area contributed by atoms with E-state index in [1.807, 2.05) is 37.3 Å². The maximum Gasteiger partial charge on any atom is 0.133 e. The fourth-order valence-electron chi connectivity index (χ4n) is 1.73. The van der Waals surface area contributed by atoms with Gasteiger partial charge in [0.05, 0.1) is 12.7 Å². The standard InChI is InChI=1S/C15H20O3/c1-11(15(3,17)10-12(2)16)9-13-5-7-14(18-4)8-6-13/h5-9,17H,10H2,1-4H3/b11-9+/t15-/m0/s1. The molecule has 3 nitrogen and oxygen atoms in total. The summed E-state index contributed by atoms with van der Waals surface area (Å²) in [5.74, 6) is 0.766. The van der Waals surface area contributed by atoms with Gasteiger partial charge in [0.2, 0.25) is 0 Å². The first kappa shape index (κ1) is 14.5. The Morgan fingerprint density at radius 3 is 2.33 bits per heavy atom. The Balaban J connectivity index is 2.90. The monoisotopic (exact) mass is 248 g/mol. The number of benzene rings is 1. The Morgan fingerprint density at radius 2 is 1.89 bits per heavy atom. The maximum atomic E-state index is 11.1. The quantitative estimate of drug-likeness (QED) is 0.871. The van der Waals surface area contributed by atoms with E-state index >= 15 is 0 Å². The first-order chi connectivity index (χ1) is 8.35. The molecule has 0 fully saturated rings. The lowest BCUT2D eigenvalue weighted by Gasteiger charge is -2.23. The van der Waals surface area contributed by atoms with E-state index in [1.54, 1.807) is 14.0 Å². The normalized spacial score (nSPS) is 15.1. The number of methoxy groups -OCH3 is 1. The van der Waals surface area contributed by atoms with Gasteiger partial charge in [0.15, 0.2) is 0 Å². The average Bonchev–Trinajstić information content (AvgIpc) is 2.28. The zero-order valence-electron chi connectivity index (χ0n) is 11.4. The van der Waals surface area contributed by atoms with E-state index in [9.17, 15) is 9.90 Å². The van der Waals surface area contributed by atoms with E-state index in [1.165, 1.54) is 6.92 Å². The van der Waals surface area contributed by atoms with Crippen LogP contribution in [0.4, 0.5) is 0 Å². The van der Waals surface area contributed by atoms with Crippen molar-refractivity contribution in [2.45, 2.75) is 32.8 Å². The maximum absolute atomic E-state index is 11.1. The van der Waals surface area contributed by atoms with E-state index in [-0.39, 0.29) is 12.2 Å². The number of ketones is 1. The van der Waals surface area contributed by atoms with Crippen molar-refractivity contribution in [3.63, 3.8) is 0 Å². The molecule has 0 saturated carbocycles. The minimum Gasteiger partial charge on any atom is -0.497 e. The zero-order valence-corrected chi connectivity index (χ0v) is 11.4. The van der Waals surface area contributed by atoms with Crippen LogP contribution in [0.2, 0.25) is 0 Å². The summed E-state index contributed by atoms with van der Waals surface area (Å²) >= 11 is 0. The van der Waals surface area contributed by atoms with Gasteiger partial charge in [-0.25, -0.2) is 0 Å². The number of carbonyl (C=O) groups is 1. The Kier molecular flexibility index (Phi) is 4.68. The van der Waals surface area contributed by atoms with Crippen LogP contribution in [-0.2, 0) is 4.79 Å². The lowest BCUT2D eigenvalue weighted by Crippen LogP contribution is -2.28. The van der Waals surface area contributed by atoms with Crippen molar-refractivity contribution in [1.82, 2.24) is 0 Å². The molecule has 1 rings (SSSR count). The van der Waals surface area contributed by atoms with E-state index in [0.717, 1.165) is 16.9 Å². The lowest BCUT2D eigenvalue weighted by molar-refractivity contribution is -0.120. The van der Waals surface area contributed by atoms with Crippen LogP contribution >= 0.6 is 0 Å². The third-order valence-electron chi connectivity index (χ3n) is 2.94. The first-order valence-corrected chi connectivity index (χ1v) is 5.90. The summed E-state index contributed by atoms with van der Waals surface area (Å²) in [6.07, 6.45) is 2.01. The summed E-state index contributed by atoms with van der Waals surface area (Å²) in [5, 5.41) is 10.2. The fourth-order valence-corrected chi connectivity index (χ4v) is 1.73. The highest BCUT2D eigenvalue weighted by molar-refractivity contribution is 5.77. The van der Waals surface area contributed by atoms with Crippen molar-refractivity contribution in [1.29, 1.82) is 0 Å². The van der Waals surface area contributed by atoms with Crippen LogP contribution in [0.3, 0.4) is 0 Å². The molecule has 0 aliphatic carbocycles. The summed E-state index contributed by atoms with van der Waals surface area (Å²) in [6, 6.07) is 7.54. The lowest BCUT2D eigenvalue weighted by atomic mass is 9.90. The molecule has 0 unspecified atom stereocenters. The number of rotatable bonds is 5. The molecule has 1 aromatic carbocycles. The molecule has 0 aliphatic heterocycles. The average molecular weight is 248 g/mol. The second-order valence-electron chi connectivity index (χ2n) is 4.75. The number of aliphatic hydroxyl groups is 1. The van der Waals surface area contributed by atoms with Crippen LogP contribution in [0.25, 0.3) is 6.08 Å². The van der Waals surface area contributed by atoms with Crippen LogP contribution < -0.4 is 4.74 Å². The van der Waals surface area contributed by atoms with Gasteiger partial charge in [-0.2, -0.15) is 0 Å². The third-order valence-corrected chi connectivity index (χ3v) is 2.94. The topological polar surface area (TPSA) is 46.5 Å². The van der Waals surface area contributed by atoms with Gasteiger partial charge in [0.1, 0.15) is 11.5 Å². The molecule has 3 heteroatoms. The van der Waals surface area contributed by atoms with Crippen molar-refractivity contribution < 1.29 is 14.6 Å². The summed E-state index contributed by atoms with van der Waals surface area (Å²) in [7, 11) is 1.62. The summed E-state index contributed by atoms with van der Waals surface area (Å²) in [5.41, 5.74) is 0.645. The molecule has 0 spiro atoms. The molecular weight excluding hydrogens is 228 g/mol. The Morgan fingerprint density at radius 1 is 1.33 bits per heavy atom. The molecule has 0 aromatic heterocycles. The van der Waals surface area contributed by atoms with E-state index in [2.05, 4.69) is 0 Å². The molecule has 0 saturated heterocycles. The van der Waals surface area contributed by atoms with Gasteiger partial charge in [0, 0.05) is 6.42 Å². The minimum absolute atomic E-state index is 0.0255. The molecular formula is C15H20O3. The van der Waals surface area contributed by atoms with Crippen LogP contribution in [0.5, 0.6) is 5.75 Å². The molecule has 1 atom stereocenters. The SMILES string of the molecule is COc1ccc(/C=C(\C)[C@@](C)(O)CC(C)=O)cc1. The van der Waals surface area contributed by atoms with Gasteiger partial charge in [-0.3, -0.25) is 4.79 Å². The predicted octanol–water partition coefficient (Wildman–Crippen LogP) is 2.83. The number of hydrogen-bond donors (Lipinski definition) is 1. The van der Waals surface area contributed by atoms with Crippen molar-refractivity contribution in [2.24, 2.45) is 0 Å². The Hall–Kier alpha value is -1.61. The van der Waals surface area contributed by atoms with Gasteiger partial charge in [-0.05, 0) is 44.0 Å². The molecule has 1 aromatic rings. The predicted molar refractivity (Wildman–Crippen MR) is 72.6 cm³/mol. The Bertz CT molecular complexity index is 441. The molecule has 0 bridgehead atoms. The highest BCUT2D eigenvalue weighted by Crippen LogP contribution is 2.23. The van der Waals surface area contributed by atoms with Crippen molar-refractivity contribution in [3.8, 4) is 5.75 Å². The third kappa shape index (κ3) is 4.00. The molecule has 98 valence electrons. The van der Waals surface area contributed by atoms with Crippen molar-refractivity contribution >= 4 is 11.9 Å². The number of ether oxygens (including phenoxy) is 1. The number of hydrogen-bond acceptors (Lipinski definition) is 3. The number of Topliss-reactive ketones (excluding diaryl/α,β-unsaturated/α-hetero) is 1. The smallest absolute Gasteiger partial charge is 0.133 e. The highest BCUT2D eigenvalue weighted by atomic mass is 16.5. The molecule has 0 amide bonds.